The number of carbonyl (C=O) groups excluding carboxylic acids is 1. The average molecular weight is 269 g/mol. The van der Waals surface area contributed by atoms with Crippen LogP contribution < -0.4 is 10.6 Å². The zero-order valence-electron chi connectivity index (χ0n) is 9.97. The molecule has 1 rings (SSSR count). The average Bonchev–Trinajstić information content (AvgIpc) is 2.31. The molecule has 1 aromatic heterocycles. The maximum absolute atomic E-state index is 11.4. The molecular weight excluding hydrogens is 254 g/mol. The Morgan fingerprint density at radius 3 is 2.78 bits per heavy atom. The normalized spacial score (nSPS) is 9.83. The van der Waals surface area contributed by atoms with Crippen LogP contribution in [0, 0.1) is 0 Å². The van der Waals surface area contributed by atoms with Crippen molar-refractivity contribution in [2.75, 3.05) is 23.9 Å². The summed E-state index contributed by atoms with van der Waals surface area (Å²) in [6, 6.07) is 2.90. The summed E-state index contributed by atoms with van der Waals surface area (Å²) >= 11 is 1.65. The summed E-state index contributed by atoms with van der Waals surface area (Å²) in [5.74, 6) is -0.0820. The summed E-state index contributed by atoms with van der Waals surface area (Å²) in [6.45, 7) is 0.595. The molecule has 0 radical (unpaired) electrons. The zero-order chi connectivity index (χ0) is 13.4. The van der Waals surface area contributed by atoms with Gasteiger partial charge in [0.05, 0.1) is 24.0 Å². The predicted octanol–water partition coefficient (Wildman–Crippen LogP) is 1.19. The molecule has 98 valence electrons. The van der Waals surface area contributed by atoms with Crippen molar-refractivity contribution in [2.45, 2.75) is 6.42 Å². The molecule has 1 aromatic rings. The first-order valence-corrected chi connectivity index (χ1v) is 6.71. The summed E-state index contributed by atoms with van der Waals surface area (Å²) in [5.41, 5.74) is 0.988. The summed E-state index contributed by atoms with van der Waals surface area (Å²) in [7, 11) is 0. The number of hydrogen-bond acceptors (Lipinski definition) is 4. The van der Waals surface area contributed by atoms with E-state index in [9.17, 15) is 9.59 Å². The Bertz CT molecular complexity index is 408. The van der Waals surface area contributed by atoms with Gasteiger partial charge in [0.25, 0.3) is 0 Å². The zero-order valence-corrected chi connectivity index (χ0v) is 10.8. The van der Waals surface area contributed by atoms with Crippen molar-refractivity contribution in [2.24, 2.45) is 0 Å². The number of carboxylic acids is 1. The Kier molecular flexibility index (Phi) is 5.99. The van der Waals surface area contributed by atoms with Gasteiger partial charge in [-0.05, 0) is 18.4 Å². The van der Waals surface area contributed by atoms with E-state index in [0.717, 1.165) is 5.75 Å². The van der Waals surface area contributed by atoms with Crippen molar-refractivity contribution in [1.29, 1.82) is 0 Å². The van der Waals surface area contributed by atoms with E-state index in [2.05, 4.69) is 15.6 Å². The molecule has 0 aromatic carbocycles. The molecular formula is C11H15N3O3S. The molecule has 0 bridgehead atoms. The largest absolute Gasteiger partial charge is 0.481 e. The number of nitrogens with one attached hydrogen (secondary N) is 2. The lowest BCUT2D eigenvalue weighted by Crippen LogP contribution is -2.30. The summed E-state index contributed by atoms with van der Waals surface area (Å²) in [4.78, 5) is 25.8. The van der Waals surface area contributed by atoms with Gasteiger partial charge in [0.15, 0.2) is 0 Å². The van der Waals surface area contributed by atoms with Gasteiger partial charge in [0, 0.05) is 12.3 Å². The molecule has 0 aliphatic rings. The molecule has 0 aliphatic carbocycles. The Balaban J connectivity index is 2.43. The second-order valence-corrected chi connectivity index (χ2v) is 4.47. The number of anilines is 1. The van der Waals surface area contributed by atoms with Gasteiger partial charge in [0.1, 0.15) is 0 Å². The topological polar surface area (TPSA) is 91.3 Å². The highest BCUT2D eigenvalue weighted by molar-refractivity contribution is 7.98. The van der Waals surface area contributed by atoms with Crippen molar-refractivity contribution in [1.82, 2.24) is 10.3 Å². The summed E-state index contributed by atoms with van der Waals surface area (Å²) < 4.78 is 0. The SMILES string of the molecule is CSCCNC(=O)Nc1ccc(CC(=O)O)nc1. The third-order valence-electron chi connectivity index (χ3n) is 2.01. The van der Waals surface area contributed by atoms with Crippen LogP contribution in [0.3, 0.4) is 0 Å². The number of carboxylic acid groups (broad SMARTS) is 1. The Morgan fingerprint density at radius 1 is 1.44 bits per heavy atom. The van der Waals surface area contributed by atoms with Gasteiger partial charge in [-0.15, -0.1) is 0 Å². The molecule has 0 aliphatic heterocycles. The molecule has 7 heteroatoms. The number of carbonyl (C=O) groups is 2. The Hall–Kier alpha value is -1.76. The molecule has 0 unspecified atom stereocenters. The first-order chi connectivity index (χ1) is 8.61. The molecule has 0 atom stereocenters. The fourth-order valence-corrected chi connectivity index (χ4v) is 1.51. The molecule has 1 heterocycles. The van der Waals surface area contributed by atoms with Crippen LogP contribution in [0.1, 0.15) is 5.69 Å². The van der Waals surface area contributed by atoms with Crippen LogP contribution in [0.4, 0.5) is 10.5 Å². The van der Waals surface area contributed by atoms with Crippen LogP contribution >= 0.6 is 11.8 Å². The fraction of sp³-hybridized carbons (Fsp3) is 0.364. The quantitative estimate of drug-likeness (QED) is 0.675. The van der Waals surface area contributed by atoms with Crippen LogP contribution in [-0.4, -0.2) is 40.6 Å². The van der Waals surface area contributed by atoms with Gasteiger partial charge >= 0.3 is 12.0 Å². The predicted molar refractivity (Wildman–Crippen MR) is 71.0 cm³/mol. The minimum Gasteiger partial charge on any atom is -0.481 e. The van der Waals surface area contributed by atoms with Gasteiger partial charge in [0.2, 0.25) is 0 Å². The lowest BCUT2D eigenvalue weighted by Gasteiger charge is -2.06. The number of thioether (sulfide) groups is 1. The Morgan fingerprint density at radius 2 is 2.22 bits per heavy atom. The van der Waals surface area contributed by atoms with Crippen LogP contribution in [-0.2, 0) is 11.2 Å². The number of pyridine rings is 1. The van der Waals surface area contributed by atoms with Gasteiger partial charge in [-0.3, -0.25) is 9.78 Å². The van der Waals surface area contributed by atoms with E-state index in [4.69, 9.17) is 5.11 Å². The molecule has 18 heavy (non-hydrogen) atoms. The van der Waals surface area contributed by atoms with Gasteiger partial charge in [-0.25, -0.2) is 4.79 Å². The molecule has 3 N–H and O–H groups in total. The highest BCUT2D eigenvalue weighted by Crippen LogP contribution is 2.06. The maximum atomic E-state index is 11.4. The first-order valence-electron chi connectivity index (χ1n) is 5.32. The van der Waals surface area contributed by atoms with E-state index in [1.807, 2.05) is 6.26 Å². The van der Waals surface area contributed by atoms with Crippen molar-refractivity contribution < 1.29 is 14.7 Å². The van der Waals surface area contributed by atoms with Gasteiger partial charge in [-0.2, -0.15) is 11.8 Å². The van der Waals surface area contributed by atoms with Crippen molar-refractivity contribution in [3.8, 4) is 0 Å². The Labute approximate surface area is 109 Å². The second-order valence-electron chi connectivity index (χ2n) is 3.48. The fourth-order valence-electron chi connectivity index (χ4n) is 1.20. The number of nitrogens with zero attached hydrogens (tertiary/aromatic N) is 1. The second kappa shape index (κ2) is 7.54. The van der Waals surface area contributed by atoms with E-state index in [0.29, 0.717) is 17.9 Å². The number of aliphatic carboxylic acids is 1. The third kappa shape index (κ3) is 5.53. The number of urea groups is 1. The lowest BCUT2D eigenvalue weighted by atomic mass is 10.2. The minimum atomic E-state index is -0.932. The molecule has 0 saturated carbocycles. The van der Waals surface area contributed by atoms with E-state index < -0.39 is 5.97 Å². The third-order valence-corrected chi connectivity index (χ3v) is 2.62. The first kappa shape index (κ1) is 14.3. The van der Waals surface area contributed by atoms with Gasteiger partial charge < -0.3 is 15.7 Å². The van der Waals surface area contributed by atoms with Gasteiger partial charge in [-0.1, -0.05) is 0 Å². The summed E-state index contributed by atoms with van der Waals surface area (Å²) in [6.07, 6.45) is 3.28. The minimum absolute atomic E-state index is 0.125. The lowest BCUT2D eigenvalue weighted by molar-refractivity contribution is -0.136. The highest BCUT2D eigenvalue weighted by Gasteiger charge is 2.04. The van der Waals surface area contributed by atoms with Crippen molar-refractivity contribution in [3.05, 3.63) is 24.0 Å². The maximum Gasteiger partial charge on any atom is 0.319 e. The van der Waals surface area contributed by atoms with E-state index >= 15 is 0 Å². The van der Waals surface area contributed by atoms with Crippen LogP contribution in [0.25, 0.3) is 0 Å². The number of aromatic nitrogens is 1. The standard InChI is InChI=1S/C11H15N3O3S/c1-18-5-4-12-11(17)14-9-3-2-8(13-7-9)6-10(15)16/h2-3,7H,4-6H2,1H3,(H,15,16)(H2,12,14,17). The van der Waals surface area contributed by atoms with Crippen LogP contribution in [0.15, 0.2) is 18.3 Å². The smallest absolute Gasteiger partial charge is 0.319 e. The summed E-state index contributed by atoms with van der Waals surface area (Å²) in [5, 5.41) is 13.9. The van der Waals surface area contributed by atoms with E-state index in [1.165, 1.54) is 6.20 Å². The molecule has 0 fully saturated rings. The molecule has 2 amide bonds. The monoisotopic (exact) mass is 269 g/mol. The molecule has 6 nitrogen and oxygen atoms in total. The van der Waals surface area contributed by atoms with Crippen LogP contribution in [0.2, 0.25) is 0 Å². The van der Waals surface area contributed by atoms with Crippen LogP contribution in [0.5, 0.6) is 0 Å². The van der Waals surface area contributed by atoms with E-state index in [-0.39, 0.29) is 12.5 Å². The number of amides is 2. The van der Waals surface area contributed by atoms with E-state index in [1.54, 1.807) is 23.9 Å². The molecule has 0 saturated heterocycles. The molecule has 0 spiro atoms. The number of rotatable bonds is 6. The number of hydrogen-bond donors (Lipinski definition) is 3. The van der Waals surface area contributed by atoms with Crippen molar-refractivity contribution >= 4 is 29.4 Å². The highest BCUT2D eigenvalue weighted by atomic mass is 32.2. The van der Waals surface area contributed by atoms with Crippen molar-refractivity contribution in [3.63, 3.8) is 0 Å².